The lowest BCUT2D eigenvalue weighted by Gasteiger charge is -2.21. The Hall–Kier alpha value is -1.91. The van der Waals surface area contributed by atoms with E-state index < -0.39 is 10.0 Å². The smallest absolute Gasteiger partial charge is 0.243 e. The first-order valence-electron chi connectivity index (χ1n) is 8.85. The number of hydrogen-bond acceptors (Lipinski definition) is 6. The molecule has 1 aliphatic rings. The molecule has 1 aromatic carbocycles. The summed E-state index contributed by atoms with van der Waals surface area (Å²) in [6.45, 7) is 2.87. The molecule has 2 heterocycles. The molecule has 0 unspecified atom stereocenters. The summed E-state index contributed by atoms with van der Waals surface area (Å²) in [5.41, 5.74) is 1.14. The van der Waals surface area contributed by atoms with Crippen LogP contribution in [0.2, 0.25) is 0 Å². The molecule has 2 N–H and O–H groups in total. The molecule has 146 valence electrons. The van der Waals surface area contributed by atoms with Crippen LogP contribution in [0.3, 0.4) is 0 Å². The highest BCUT2D eigenvalue weighted by Gasteiger charge is 2.27. The van der Waals surface area contributed by atoms with E-state index in [0.29, 0.717) is 29.5 Å². The Balaban J connectivity index is 1.72. The molecule has 1 fully saturated rings. The molecule has 0 atom stereocenters. The molecular formula is C17H23N5O3S2. The van der Waals surface area contributed by atoms with E-state index in [0.717, 1.165) is 25.7 Å². The van der Waals surface area contributed by atoms with Crippen LogP contribution in [0.5, 0.6) is 0 Å². The summed E-state index contributed by atoms with van der Waals surface area (Å²) in [4.78, 5) is 16.3. The van der Waals surface area contributed by atoms with E-state index >= 15 is 0 Å². The minimum Gasteiger partial charge on any atom is -0.325 e. The van der Waals surface area contributed by atoms with E-state index in [1.54, 1.807) is 29.4 Å². The van der Waals surface area contributed by atoms with Crippen LogP contribution >= 0.6 is 11.8 Å². The van der Waals surface area contributed by atoms with Crippen molar-refractivity contribution in [3.63, 3.8) is 0 Å². The van der Waals surface area contributed by atoms with E-state index in [4.69, 9.17) is 0 Å². The molecule has 1 aliphatic heterocycles. The molecule has 0 bridgehead atoms. The summed E-state index contributed by atoms with van der Waals surface area (Å²) < 4.78 is 27.7. The minimum atomic E-state index is -3.57. The van der Waals surface area contributed by atoms with Crippen LogP contribution in [0.1, 0.15) is 31.2 Å². The third kappa shape index (κ3) is 5.08. The predicted molar refractivity (Wildman–Crippen MR) is 104 cm³/mol. The number of carbonyl (C=O) groups is 1. The maximum atomic E-state index is 13.1. The lowest BCUT2D eigenvalue weighted by molar-refractivity contribution is -0.113. The number of sulfonamides is 1. The standard InChI is InChI=1S/C17H23N5O3S2/c1-13-6-7-14(20-16(23)11-26-17-18-12-19-21-17)10-15(13)27(24,25)22-8-4-2-3-5-9-22/h6-7,10,12H,2-5,8-9,11H2,1H3,(H,20,23)(H,18,19,21). The van der Waals surface area contributed by atoms with Crippen molar-refractivity contribution in [3.8, 4) is 0 Å². The number of anilines is 1. The van der Waals surface area contributed by atoms with E-state index in [1.165, 1.54) is 18.1 Å². The Morgan fingerprint density at radius 3 is 2.67 bits per heavy atom. The molecule has 1 amide bonds. The number of hydrogen-bond donors (Lipinski definition) is 2. The first kappa shape index (κ1) is 19.8. The number of aromatic amines is 1. The van der Waals surface area contributed by atoms with Gasteiger partial charge < -0.3 is 5.32 Å². The Bertz CT molecular complexity index is 876. The average molecular weight is 410 g/mol. The fourth-order valence-corrected chi connectivity index (χ4v) is 5.32. The highest BCUT2D eigenvalue weighted by Crippen LogP contribution is 2.26. The van der Waals surface area contributed by atoms with Crippen LogP contribution in [0, 0.1) is 6.92 Å². The molecular weight excluding hydrogens is 386 g/mol. The summed E-state index contributed by atoms with van der Waals surface area (Å²) in [5, 5.41) is 9.70. The third-order valence-corrected chi connectivity index (χ3v) is 7.30. The number of amides is 1. The van der Waals surface area contributed by atoms with Gasteiger partial charge in [-0.05, 0) is 37.5 Å². The van der Waals surface area contributed by atoms with Crippen LogP contribution in [-0.4, -0.2) is 52.7 Å². The van der Waals surface area contributed by atoms with Crippen LogP contribution in [0.15, 0.2) is 34.6 Å². The maximum absolute atomic E-state index is 13.1. The van der Waals surface area contributed by atoms with E-state index in [-0.39, 0.29) is 16.6 Å². The van der Waals surface area contributed by atoms with Crippen molar-refractivity contribution < 1.29 is 13.2 Å². The number of nitrogens with zero attached hydrogens (tertiary/aromatic N) is 3. The van der Waals surface area contributed by atoms with Crippen LogP contribution < -0.4 is 5.32 Å². The first-order chi connectivity index (χ1) is 13.0. The van der Waals surface area contributed by atoms with Crippen molar-refractivity contribution in [1.82, 2.24) is 19.5 Å². The molecule has 0 aliphatic carbocycles. The molecule has 1 aromatic heterocycles. The summed E-state index contributed by atoms with van der Waals surface area (Å²) in [6.07, 6.45) is 5.26. The summed E-state index contributed by atoms with van der Waals surface area (Å²) >= 11 is 1.22. The van der Waals surface area contributed by atoms with Crippen molar-refractivity contribution in [3.05, 3.63) is 30.1 Å². The second kappa shape index (κ2) is 8.85. The van der Waals surface area contributed by atoms with Gasteiger partial charge in [0.1, 0.15) is 6.33 Å². The first-order valence-corrected chi connectivity index (χ1v) is 11.3. The molecule has 27 heavy (non-hydrogen) atoms. The zero-order chi connectivity index (χ0) is 19.3. The molecule has 0 radical (unpaired) electrons. The van der Waals surface area contributed by atoms with E-state index in [9.17, 15) is 13.2 Å². The van der Waals surface area contributed by atoms with Crippen molar-refractivity contribution >= 4 is 33.4 Å². The van der Waals surface area contributed by atoms with Gasteiger partial charge in [0.15, 0.2) is 5.16 Å². The quantitative estimate of drug-likeness (QED) is 0.710. The van der Waals surface area contributed by atoms with Crippen molar-refractivity contribution in [1.29, 1.82) is 0 Å². The average Bonchev–Trinajstić information content (AvgIpc) is 3.01. The van der Waals surface area contributed by atoms with Gasteiger partial charge in [0.2, 0.25) is 15.9 Å². The largest absolute Gasteiger partial charge is 0.325 e. The number of H-pyrrole nitrogens is 1. The van der Waals surface area contributed by atoms with Gasteiger partial charge in [-0.15, -0.1) is 0 Å². The fourth-order valence-electron chi connectivity index (χ4n) is 2.97. The molecule has 10 heteroatoms. The predicted octanol–water partition coefficient (Wildman–Crippen LogP) is 2.41. The maximum Gasteiger partial charge on any atom is 0.243 e. The van der Waals surface area contributed by atoms with Gasteiger partial charge in [0.25, 0.3) is 0 Å². The van der Waals surface area contributed by atoms with Gasteiger partial charge in [0.05, 0.1) is 10.6 Å². The lowest BCUT2D eigenvalue weighted by Crippen LogP contribution is -2.32. The monoisotopic (exact) mass is 409 g/mol. The fraction of sp³-hybridized carbons (Fsp3) is 0.471. The van der Waals surface area contributed by atoms with Gasteiger partial charge >= 0.3 is 0 Å². The number of rotatable bonds is 6. The number of aromatic nitrogens is 3. The number of benzene rings is 1. The number of carbonyl (C=O) groups excluding carboxylic acids is 1. The van der Waals surface area contributed by atoms with Crippen molar-refractivity contribution in [2.24, 2.45) is 0 Å². The normalized spacial score (nSPS) is 16.0. The molecule has 0 spiro atoms. The molecule has 1 saturated heterocycles. The summed E-state index contributed by atoms with van der Waals surface area (Å²) in [7, 11) is -3.57. The summed E-state index contributed by atoms with van der Waals surface area (Å²) in [6, 6.07) is 4.99. The van der Waals surface area contributed by atoms with Gasteiger partial charge in [-0.25, -0.2) is 13.4 Å². The van der Waals surface area contributed by atoms with Crippen LogP contribution in [-0.2, 0) is 14.8 Å². The van der Waals surface area contributed by atoms with Crippen LogP contribution in [0.4, 0.5) is 5.69 Å². The van der Waals surface area contributed by atoms with Gasteiger partial charge in [-0.3, -0.25) is 9.89 Å². The Kier molecular flexibility index (Phi) is 6.51. The molecule has 0 saturated carbocycles. The number of aryl methyl sites for hydroxylation is 1. The number of nitrogens with one attached hydrogen (secondary N) is 2. The molecule has 2 aromatic rings. The second-order valence-electron chi connectivity index (χ2n) is 6.43. The molecule has 8 nitrogen and oxygen atoms in total. The van der Waals surface area contributed by atoms with E-state index in [1.807, 2.05) is 0 Å². The topological polar surface area (TPSA) is 108 Å². The van der Waals surface area contributed by atoms with Crippen molar-refractivity contribution in [2.45, 2.75) is 42.7 Å². The highest BCUT2D eigenvalue weighted by atomic mass is 32.2. The molecule has 3 rings (SSSR count). The number of thioether (sulfide) groups is 1. The van der Waals surface area contributed by atoms with Gasteiger partial charge in [-0.1, -0.05) is 30.7 Å². The Morgan fingerprint density at radius 1 is 1.26 bits per heavy atom. The second-order valence-corrected chi connectivity index (χ2v) is 9.30. The SMILES string of the molecule is Cc1ccc(NC(=O)CSc2ncn[nH]2)cc1S(=O)(=O)N1CCCCCC1. The zero-order valence-corrected chi connectivity index (χ0v) is 16.8. The summed E-state index contributed by atoms with van der Waals surface area (Å²) in [5.74, 6) is -0.0875. The van der Waals surface area contributed by atoms with E-state index in [2.05, 4.69) is 20.5 Å². The Morgan fingerprint density at radius 2 is 2.00 bits per heavy atom. The lowest BCUT2D eigenvalue weighted by atomic mass is 10.2. The highest BCUT2D eigenvalue weighted by molar-refractivity contribution is 7.99. The van der Waals surface area contributed by atoms with Gasteiger partial charge in [0, 0.05) is 18.8 Å². The van der Waals surface area contributed by atoms with Crippen LogP contribution in [0.25, 0.3) is 0 Å². The Labute approximate surface area is 163 Å². The zero-order valence-electron chi connectivity index (χ0n) is 15.1. The third-order valence-electron chi connectivity index (χ3n) is 4.39. The van der Waals surface area contributed by atoms with Crippen molar-refractivity contribution in [2.75, 3.05) is 24.2 Å². The van der Waals surface area contributed by atoms with Gasteiger partial charge in [-0.2, -0.15) is 9.40 Å². The minimum absolute atomic E-state index is 0.150.